The highest BCUT2D eigenvalue weighted by Crippen LogP contribution is 2.40. The van der Waals surface area contributed by atoms with Gasteiger partial charge in [-0.1, -0.05) is 5.16 Å². The van der Waals surface area contributed by atoms with Crippen molar-refractivity contribution in [3.8, 4) is 0 Å². The van der Waals surface area contributed by atoms with Crippen molar-refractivity contribution < 1.29 is 28.9 Å². The molecule has 2 amide bonds. The number of thioether (sulfide) groups is 1. The molecule has 14 heteroatoms. The van der Waals surface area contributed by atoms with Gasteiger partial charge >= 0.3 is 0 Å². The first-order valence-corrected chi connectivity index (χ1v) is 11.5. The Labute approximate surface area is 196 Å². The van der Waals surface area contributed by atoms with E-state index in [9.17, 15) is 19.5 Å². The molecule has 4 heterocycles. The molecule has 2 aliphatic rings. The lowest BCUT2D eigenvalue weighted by Crippen LogP contribution is -2.71. The monoisotopic (exact) mass is 489 g/mol. The maximum absolute atomic E-state index is 12.9. The molecule has 0 aliphatic carbocycles. The van der Waals surface area contributed by atoms with E-state index in [1.807, 2.05) is 36.0 Å². The minimum atomic E-state index is -1.44. The molecule has 0 bridgehead atoms. The largest absolute Gasteiger partial charge is 0.543 e. The number of amides is 2. The molecule has 33 heavy (non-hydrogen) atoms. The average molecular weight is 490 g/mol. The van der Waals surface area contributed by atoms with Gasteiger partial charge in [-0.2, -0.15) is 9.36 Å². The zero-order valence-electron chi connectivity index (χ0n) is 17.5. The van der Waals surface area contributed by atoms with Crippen LogP contribution in [0.3, 0.4) is 0 Å². The van der Waals surface area contributed by atoms with E-state index in [-0.39, 0.29) is 22.4 Å². The number of nitrogen functional groups attached to an aromatic ring is 1. The lowest BCUT2D eigenvalue weighted by Gasteiger charge is -2.50. The Balaban J connectivity index is 1.54. The van der Waals surface area contributed by atoms with E-state index < -0.39 is 29.2 Å². The Morgan fingerprint density at radius 1 is 1.48 bits per heavy atom. The third-order valence-corrected chi connectivity index (χ3v) is 6.84. The summed E-state index contributed by atoms with van der Waals surface area (Å²) in [7, 11) is 1.25. The average Bonchev–Trinajstić information content (AvgIpc) is 3.21. The van der Waals surface area contributed by atoms with Crippen molar-refractivity contribution >= 4 is 51.9 Å². The van der Waals surface area contributed by atoms with Gasteiger partial charge < -0.3 is 25.8 Å². The molecule has 2 atom stereocenters. The molecule has 0 aromatic carbocycles. The van der Waals surface area contributed by atoms with Crippen LogP contribution in [0.1, 0.15) is 11.4 Å². The van der Waals surface area contributed by atoms with E-state index in [0.29, 0.717) is 17.9 Å². The fourth-order valence-corrected chi connectivity index (χ4v) is 5.35. The smallest absolute Gasteiger partial charge is 0.278 e. The first-order chi connectivity index (χ1) is 15.8. The van der Waals surface area contributed by atoms with Crippen LogP contribution in [0.5, 0.6) is 0 Å². The van der Waals surface area contributed by atoms with Crippen LogP contribution < -0.4 is 20.7 Å². The second-order valence-corrected chi connectivity index (χ2v) is 9.12. The first kappa shape index (κ1) is 22.7. The lowest BCUT2D eigenvalue weighted by atomic mass is 10.0. The SMILES string of the molecule is CON=C(C(=O)NC1C(=O)N2C(C(=O)[O-])=C(C[n+]3cccc(C)c3)CS[C@@H]12)c1nsc(N)n1. The Bertz CT molecular complexity index is 1190. The van der Waals surface area contributed by atoms with Gasteiger partial charge in [0.25, 0.3) is 11.8 Å². The fraction of sp³-hybridized carbons (Fsp3) is 0.316. The van der Waals surface area contributed by atoms with Gasteiger partial charge in [0.15, 0.2) is 24.1 Å². The summed E-state index contributed by atoms with van der Waals surface area (Å²) in [5.41, 5.74) is 6.72. The van der Waals surface area contributed by atoms with Crippen LogP contribution in [-0.2, 0) is 25.8 Å². The van der Waals surface area contributed by atoms with Crippen LogP contribution >= 0.6 is 23.3 Å². The van der Waals surface area contributed by atoms with Crippen LogP contribution in [0.2, 0.25) is 0 Å². The minimum absolute atomic E-state index is 0.0374. The number of carboxylic acids is 1. The van der Waals surface area contributed by atoms with E-state index in [0.717, 1.165) is 22.0 Å². The second kappa shape index (κ2) is 9.15. The number of fused-ring (bicyclic) bond motifs is 1. The number of hydrogen-bond donors (Lipinski definition) is 2. The Hall–Kier alpha value is -3.52. The minimum Gasteiger partial charge on any atom is -0.543 e. The molecule has 2 aliphatic heterocycles. The lowest BCUT2D eigenvalue weighted by molar-refractivity contribution is -0.689. The van der Waals surface area contributed by atoms with E-state index in [1.165, 1.54) is 18.9 Å². The highest BCUT2D eigenvalue weighted by atomic mass is 32.2. The number of β-lactam (4-membered cyclic amide) rings is 1. The number of carbonyl (C=O) groups excluding carboxylic acids is 3. The quantitative estimate of drug-likeness (QED) is 0.197. The molecular formula is C19H19N7O5S2. The van der Waals surface area contributed by atoms with Gasteiger partial charge in [-0.15, -0.1) is 11.8 Å². The number of aryl methyl sites for hydroxylation is 1. The zero-order valence-corrected chi connectivity index (χ0v) is 19.2. The number of carbonyl (C=O) groups is 3. The van der Waals surface area contributed by atoms with Crippen molar-refractivity contribution in [3.63, 3.8) is 0 Å². The molecule has 3 N–H and O–H groups in total. The van der Waals surface area contributed by atoms with Crippen molar-refractivity contribution in [2.24, 2.45) is 5.16 Å². The predicted octanol–water partition coefficient (Wildman–Crippen LogP) is -1.83. The summed E-state index contributed by atoms with van der Waals surface area (Å²) in [5.74, 6) is -2.42. The highest BCUT2D eigenvalue weighted by Gasteiger charge is 2.53. The molecule has 0 saturated carbocycles. The molecule has 1 saturated heterocycles. The number of aliphatic carboxylic acids is 1. The third-order valence-electron chi connectivity index (χ3n) is 4.96. The molecule has 1 fully saturated rings. The molecule has 172 valence electrons. The van der Waals surface area contributed by atoms with Gasteiger partial charge in [0.1, 0.15) is 18.5 Å². The summed E-state index contributed by atoms with van der Waals surface area (Å²) >= 11 is 2.23. The number of carboxylic acid groups (broad SMARTS) is 1. The Kier molecular flexibility index (Phi) is 6.29. The molecule has 0 radical (unpaired) electrons. The van der Waals surface area contributed by atoms with Gasteiger partial charge in [0.2, 0.25) is 11.5 Å². The van der Waals surface area contributed by atoms with E-state index >= 15 is 0 Å². The summed E-state index contributed by atoms with van der Waals surface area (Å²) in [6, 6.07) is 2.83. The van der Waals surface area contributed by atoms with E-state index in [1.54, 1.807) is 0 Å². The highest BCUT2D eigenvalue weighted by molar-refractivity contribution is 8.00. The molecule has 0 spiro atoms. The maximum Gasteiger partial charge on any atom is 0.278 e. The number of hydrogen-bond acceptors (Lipinski definition) is 11. The van der Waals surface area contributed by atoms with Crippen molar-refractivity contribution in [3.05, 3.63) is 47.2 Å². The van der Waals surface area contributed by atoms with Crippen LogP contribution in [0, 0.1) is 6.92 Å². The predicted molar refractivity (Wildman–Crippen MR) is 116 cm³/mol. The number of pyridine rings is 1. The van der Waals surface area contributed by atoms with Gasteiger partial charge in [-0.25, -0.2) is 4.57 Å². The van der Waals surface area contributed by atoms with Gasteiger partial charge in [-0.05, 0) is 13.0 Å². The van der Waals surface area contributed by atoms with Crippen molar-refractivity contribution in [1.82, 2.24) is 19.6 Å². The normalized spacial score (nSPS) is 20.2. The first-order valence-electron chi connectivity index (χ1n) is 9.65. The van der Waals surface area contributed by atoms with Crippen molar-refractivity contribution in [2.45, 2.75) is 24.9 Å². The van der Waals surface area contributed by atoms with Crippen LogP contribution in [0.25, 0.3) is 0 Å². The molecule has 2 aromatic heterocycles. The molecule has 12 nitrogen and oxygen atoms in total. The van der Waals surface area contributed by atoms with E-state index in [4.69, 9.17) is 10.6 Å². The number of oxime groups is 1. The molecule has 4 rings (SSSR count). The Morgan fingerprint density at radius 2 is 2.27 bits per heavy atom. The maximum atomic E-state index is 12.9. The van der Waals surface area contributed by atoms with Crippen molar-refractivity contribution in [1.29, 1.82) is 0 Å². The number of aromatic nitrogens is 3. The fourth-order valence-electron chi connectivity index (χ4n) is 3.58. The summed E-state index contributed by atoms with van der Waals surface area (Å²) < 4.78 is 5.78. The van der Waals surface area contributed by atoms with E-state index in [2.05, 4.69) is 19.8 Å². The second-order valence-electron chi connectivity index (χ2n) is 7.23. The Morgan fingerprint density at radius 3 is 2.91 bits per heavy atom. The van der Waals surface area contributed by atoms with Crippen LogP contribution in [0.4, 0.5) is 5.13 Å². The number of anilines is 1. The molecule has 2 aromatic rings. The number of nitrogens with one attached hydrogen (secondary N) is 1. The van der Waals surface area contributed by atoms with Gasteiger partial charge in [0.05, 0.1) is 11.7 Å². The molecular weight excluding hydrogens is 470 g/mol. The number of nitrogens with zero attached hydrogens (tertiary/aromatic N) is 5. The topological polar surface area (TPSA) is 167 Å². The number of nitrogens with two attached hydrogens (primary N) is 1. The zero-order chi connectivity index (χ0) is 23.7. The van der Waals surface area contributed by atoms with Gasteiger partial charge in [-0.3, -0.25) is 14.5 Å². The van der Waals surface area contributed by atoms with Gasteiger partial charge in [0, 0.05) is 34.5 Å². The summed E-state index contributed by atoms with van der Waals surface area (Å²) in [6.45, 7) is 2.23. The van der Waals surface area contributed by atoms with Crippen molar-refractivity contribution in [2.75, 3.05) is 18.6 Å². The van der Waals surface area contributed by atoms with Crippen LogP contribution in [0.15, 0.2) is 41.0 Å². The summed E-state index contributed by atoms with van der Waals surface area (Å²) in [5, 5.41) is 17.7. The third kappa shape index (κ3) is 4.39. The van der Waals surface area contributed by atoms with Crippen LogP contribution in [-0.4, -0.2) is 62.0 Å². The molecule has 1 unspecified atom stereocenters. The summed E-state index contributed by atoms with van der Waals surface area (Å²) in [6.07, 6.45) is 3.70. The number of rotatable bonds is 7. The standard InChI is InChI=1S/C19H19N7O5S2/c1-9-4-3-5-25(6-9)7-10-8-32-17-12(16(28)26(17)13(10)18(29)30)21-15(27)11(23-31-2)14-22-19(20)33-24-14/h3-6,12,17H,7-8H2,1-2H3,(H3-,20,21,22,24,27,29,30)/t12?,17-/m0/s1. The summed E-state index contributed by atoms with van der Waals surface area (Å²) in [4.78, 5) is 47.3.